The van der Waals surface area contributed by atoms with Crippen LogP contribution < -0.4 is 0 Å². The highest BCUT2D eigenvalue weighted by Gasteiger charge is 2.34. The predicted molar refractivity (Wildman–Crippen MR) is 72.1 cm³/mol. The molecule has 1 aliphatic heterocycles. The summed E-state index contributed by atoms with van der Waals surface area (Å²) in [7, 11) is 0. The molecular weight excluding hydrogens is 212 g/mol. The first-order valence-electron chi connectivity index (χ1n) is 6.46. The summed E-state index contributed by atoms with van der Waals surface area (Å²) in [5.74, 6) is 1.29. The minimum atomic E-state index is 0.460. The summed E-state index contributed by atoms with van der Waals surface area (Å²) in [4.78, 5) is 1.51. The lowest BCUT2D eigenvalue weighted by Crippen LogP contribution is -2.30. The van der Waals surface area contributed by atoms with Crippen LogP contribution in [0.25, 0.3) is 0 Å². The first kappa shape index (κ1) is 12.0. The van der Waals surface area contributed by atoms with E-state index in [-0.39, 0.29) is 0 Å². The van der Waals surface area contributed by atoms with Crippen LogP contribution in [0.5, 0.6) is 0 Å². The Kier molecular flexibility index (Phi) is 3.96. The van der Waals surface area contributed by atoms with Crippen molar-refractivity contribution in [1.82, 2.24) is 0 Å². The summed E-state index contributed by atoms with van der Waals surface area (Å²) in [5, 5.41) is 0. The Morgan fingerprint density at radius 2 is 2.06 bits per heavy atom. The van der Waals surface area contributed by atoms with Gasteiger partial charge in [-0.15, -0.1) is 11.8 Å². The smallest absolute Gasteiger partial charge is 0.0110 e. The molecule has 0 saturated carbocycles. The summed E-state index contributed by atoms with van der Waals surface area (Å²) < 4.78 is 0. The van der Waals surface area contributed by atoms with Crippen LogP contribution in [0.15, 0.2) is 23.1 Å². The quantitative estimate of drug-likeness (QED) is 0.718. The molecule has 1 aliphatic rings. The molecule has 0 saturated heterocycles. The zero-order chi connectivity index (χ0) is 11.4. The molecule has 1 heteroatoms. The molecule has 0 fully saturated rings. The van der Waals surface area contributed by atoms with Gasteiger partial charge < -0.3 is 0 Å². The Morgan fingerprint density at radius 1 is 1.31 bits per heavy atom. The summed E-state index contributed by atoms with van der Waals surface area (Å²) in [5.41, 5.74) is 2.04. The Hall–Kier alpha value is -0.430. The highest BCUT2D eigenvalue weighted by Crippen LogP contribution is 2.46. The van der Waals surface area contributed by atoms with Gasteiger partial charge in [-0.3, -0.25) is 0 Å². The van der Waals surface area contributed by atoms with E-state index >= 15 is 0 Å². The minimum absolute atomic E-state index is 0.460. The van der Waals surface area contributed by atoms with E-state index in [2.05, 4.69) is 38.1 Å². The van der Waals surface area contributed by atoms with Crippen molar-refractivity contribution >= 4 is 11.8 Å². The molecule has 87 valence electrons. The summed E-state index contributed by atoms with van der Waals surface area (Å²) in [6.45, 7) is 4.62. The average molecular weight is 233 g/mol. The molecule has 1 aromatic carbocycles. The van der Waals surface area contributed by atoms with E-state index in [1.807, 2.05) is 11.8 Å². The largest absolute Gasteiger partial charge is 0.126 e. The van der Waals surface area contributed by atoms with Gasteiger partial charge in [0, 0.05) is 4.90 Å². The van der Waals surface area contributed by atoms with E-state index in [9.17, 15) is 0 Å². The Balaban J connectivity index is 2.39. The van der Waals surface area contributed by atoms with Crippen molar-refractivity contribution < 1.29 is 0 Å². The molecule has 1 radical (unpaired) electrons. The third kappa shape index (κ3) is 2.15. The van der Waals surface area contributed by atoms with Crippen molar-refractivity contribution in [2.75, 3.05) is 5.75 Å². The molecule has 16 heavy (non-hydrogen) atoms. The van der Waals surface area contributed by atoms with E-state index in [1.165, 1.54) is 42.8 Å². The lowest BCUT2D eigenvalue weighted by Gasteiger charge is -2.39. The maximum absolute atomic E-state index is 3.28. The first-order chi connectivity index (χ1) is 7.82. The lowest BCUT2D eigenvalue weighted by molar-refractivity contribution is 0.336. The zero-order valence-electron chi connectivity index (χ0n) is 10.4. The summed E-state index contributed by atoms with van der Waals surface area (Å²) in [6.07, 6.45) is 6.61. The van der Waals surface area contributed by atoms with Crippen LogP contribution in [0.3, 0.4) is 0 Å². The van der Waals surface area contributed by atoms with Crippen LogP contribution in [0.2, 0.25) is 0 Å². The number of benzene rings is 1. The zero-order valence-corrected chi connectivity index (χ0v) is 11.2. The van der Waals surface area contributed by atoms with E-state index in [1.54, 1.807) is 5.56 Å². The third-order valence-electron chi connectivity index (χ3n) is 3.69. The fraction of sp³-hybridized carbons (Fsp3) is 0.600. The Morgan fingerprint density at radius 3 is 2.75 bits per heavy atom. The third-order valence-corrected chi connectivity index (χ3v) is 4.77. The average Bonchev–Trinajstić information content (AvgIpc) is 2.30. The van der Waals surface area contributed by atoms with Crippen molar-refractivity contribution in [3.8, 4) is 0 Å². The maximum Gasteiger partial charge on any atom is 0.0110 e. The van der Waals surface area contributed by atoms with E-state index in [0.29, 0.717) is 5.41 Å². The molecule has 0 bridgehead atoms. The molecule has 1 aromatic rings. The summed E-state index contributed by atoms with van der Waals surface area (Å²) >= 11 is 2.02. The fourth-order valence-electron chi connectivity index (χ4n) is 3.05. The Labute approximate surface area is 104 Å². The van der Waals surface area contributed by atoms with Crippen LogP contribution >= 0.6 is 11.8 Å². The first-order valence-corrected chi connectivity index (χ1v) is 7.44. The van der Waals surface area contributed by atoms with Gasteiger partial charge in [-0.25, -0.2) is 0 Å². The van der Waals surface area contributed by atoms with E-state index in [0.717, 1.165) is 0 Å². The van der Waals surface area contributed by atoms with Crippen LogP contribution in [0.4, 0.5) is 0 Å². The molecule has 0 atom stereocenters. The Bertz CT molecular complexity index is 337. The second-order valence-corrected chi connectivity index (χ2v) is 5.94. The van der Waals surface area contributed by atoms with Crippen molar-refractivity contribution in [2.45, 2.75) is 56.3 Å². The molecular formula is C15H21S. The predicted octanol–water partition coefficient (Wildman–Crippen LogP) is 4.82. The van der Waals surface area contributed by atoms with Gasteiger partial charge in [-0.05, 0) is 54.2 Å². The standard InChI is InChI=1S/C15H21S/c1-3-9-15(10-4-2)11-12-16-14-8-6-5-7-13(14)15/h6-8H,3-4,9-12H2,1-2H3. The molecule has 2 rings (SSSR count). The fourth-order valence-corrected chi connectivity index (χ4v) is 4.36. The van der Waals surface area contributed by atoms with E-state index < -0.39 is 0 Å². The molecule has 0 unspecified atom stereocenters. The molecule has 1 heterocycles. The number of hydrogen-bond acceptors (Lipinski definition) is 1. The van der Waals surface area contributed by atoms with Crippen molar-refractivity contribution in [3.05, 3.63) is 29.8 Å². The van der Waals surface area contributed by atoms with Gasteiger partial charge in [0.2, 0.25) is 0 Å². The second-order valence-electron chi connectivity index (χ2n) is 4.80. The van der Waals surface area contributed by atoms with Gasteiger partial charge >= 0.3 is 0 Å². The van der Waals surface area contributed by atoms with Gasteiger partial charge in [0.25, 0.3) is 0 Å². The van der Waals surface area contributed by atoms with Crippen LogP contribution in [0, 0.1) is 6.07 Å². The number of fused-ring (bicyclic) bond motifs is 1. The van der Waals surface area contributed by atoms with Crippen molar-refractivity contribution in [1.29, 1.82) is 0 Å². The normalized spacial score (nSPS) is 18.1. The van der Waals surface area contributed by atoms with Crippen molar-refractivity contribution in [3.63, 3.8) is 0 Å². The van der Waals surface area contributed by atoms with Crippen LogP contribution in [-0.4, -0.2) is 5.75 Å². The highest BCUT2D eigenvalue weighted by atomic mass is 32.2. The number of hydrogen-bond donors (Lipinski definition) is 0. The number of rotatable bonds is 4. The SMILES string of the molecule is CCCC1(CCC)CCSc2cc[c]cc21. The maximum atomic E-state index is 3.28. The van der Waals surface area contributed by atoms with Gasteiger partial charge in [-0.1, -0.05) is 32.8 Å². The molecule has 0 spiro atoms. The van der Waals surface area contributed by atoms with Crippen LogP contribution in [-0.2, 0) is 5.41 Å². The monoisotopic (exact) mass is 233 g/mol. The lowest BCUT2D eigenvalue weighted by atomic mass is 9.71. The molecule has 0 aliphatic carbocycles. The second kappa shape index (κ2) is 5.27. The molecule has 0 amide bonds. The molecule has 0 nitrogen and oxygen atoms in total. The van der Waals surface area contributed by atoms with Gasteiger partial charge in [0.05, 0.1) is 0 Å². The molecule has 0 aromatic heterocycles. The van der Waals surface area contributed by atoms with E-state index in [4.69, 9.17) is 0 Å². The highest BCUT2D eigenvalue weighted by molar-refractivity contribution is 7.99. The molecule has 0 N–H and O–H groups in total. The summed E-state index contributed by atoms with van der Waals surface area (Å²) in [6, 6.07) is 9.83. The van der Waals surface area contributed by atoms with Crippen LogP contribution in [0.1, 0.15) is 51.5 Å². The van der Waals surface area contributed by atoms with Crippen molar-refractivity contribution in [2.24, 2.45) is 0 Å². The minimum Gasteiger partial charge on any atom is -0.126 e. The van der Waals surface area contributed by atoms with Gasteiger partial charge in [-0.2, -0.15) is 0 Å². The van der Waals surface area contributed by atoms with Gasteiger partial charge in [0.1, 0.15) is 0 Å². The van der Waals surface area contributed by atoms with Gasteiger partial charge in [0.15, 0.2) is 0 Å². The topological polar surface area (TPSA) is 0 Å². The number of thioether (sulfide) groups is 1.